The third-order valence-electron chi connectivity index (χ3n) is 3.89. The minimum absolute atomic E-state index is 0.0964. The van der Waals surface area contributed by atoms with Crippen LogP contribution >= 0.6 is 0 Å². The number of rotatable bonds is 6. The summed E-state index contributed by atoms with van der Waals surface area (Å²) in [5.74, 6) is 0.567. The molecule has 0 aromatic heterocycles. The Morgan fingerprint density at radius 3 is 2.48 bits per heavy atom. The van der Waals surface area contributed by atoms with E-state index in [1.165, 1.54) is 0 Å². The highest BCUT2D eigenvalue weighted by molar-refractivity contribution is 6.00. The topological polar surface area (TPSA) is 93.9 Å². The van der Waals surface area contributed by atoms with E-state index in [1.807, 2.05) is 6.92 Å². The molecule has 0 spiro atoms. The molecule has 0 saturated carbocycles. The fraction of sp³-hybridized carbons (Fsp3) is 0.500. The molecule has 2 amide bonds. The predicted molar refractivity (Wildman–Crippen MR) is 86.7 cm³/mol. The molecule has 7 nitrogen and oxygen atoms in total. The SMILES string of the molecule is COc1cc(OC)cc(N2CC(C(=O)N[C@@H](C)CN)CC2=O)c1. The second-order valence-corrected chi connectivity index (χ2v) is 5.62. The van der Waals surface area contributed by atoms with Gasteiger partial charge in [-0.3, -0.25) is 9.59 Å². The number of carbonyl (C=O) groups is 2. The van der Waals surface area contributed by atoms with Crippen LogP contribution in [0.2, 0.25) is 0 Å². The first kappa shape index (κ1) is 17.1. The number of nitrogens with two attached hydrogens (primary N) is 1. The molecule has 1 aliphatic heterocycles. The second kappa shape index (κ2) is 7.32. The Hall–Kier alpha value is -2.28. The van der Waals surface area contributed by atoms with Crippen LogP contribution in [0.1, 0.15) is 13.3 Å². The van der Waals surface area contributed by atoms with Crippen LogP contribution in [0.15, 0.2) is 18.2 Å². The zero-order chi connectivity index (χ0) is 17.0. The van der Waals surface area contributed by atoms with Crippen molar-refractivity contribution >= 4 is 17.5 Å². The van der Waals surface area contributed by atoms with Crippen LogP contribution in [0.3, 0.4) is 0 Å². The summed E-state index contributed by atoms with van der Waals surface area (Å²) in [4.78, 5) is 26.1. The van der Waals surface area contributed by atoms with E-state index < -0.39 is 0 Å². The van der Waals surface area contributed by atoms with Gasteiger partial charge in [0, 0.05) is 43.8 Å². The van der Waals surface area contributed by atoms with Gasteiger partial charge in [0.25, 0.3) is 0 Å². The number of anilines is 1. The van der Waals surface area contributed by atoms with Crippen LogP contribution in [-0.4, -0.2) is 45.2 Å². The fourth-order valence-electron chi connectivity index (χ4n) is 2.50. The van der Waals surface area contributed by atoms with Crippen LogP contribution in [0, 0.1) is 5.92 Å². The quantitative estimate of drug-likeness (QED) is 0.797. The summed E-state index contributed by atoms with van der Waals surface area (Å²) in [6.07, 6.45) is 0.183. The Bertz CT molecular complexity index is 568. The number of nitrogens with one attached hydrogen (secondary N) is 1. The second-order valence-electron chi connectivity index (χ2n) is 5.62. The first-order chi connectivity index (χ1) is 11.0. The average Bonchev–Trinajstić information content (AvgIpc) is 2.96. The summed E-state index contributed by atoms with van der Waals surface area (Å²) >= 11 is 0. The van der Waals surface area contributed by atoms with E-state index in [2.05, 4.69) is 5.32 Å². The van der Waals surface area contributed by atoms with Gasteiger partial charge in [-0.05, 0) is 6.92 Å². The molecule has 1 saturated heterocycles. The fourth-order valence-corrected chi connectivity index (χ4v) is 2.50. The van der Waals surface area contributed by atoms with E-state index in [1.54, 1.807) is 37.3 Å². The van der Waals surface area contributed by atoms with Crippen molar-refractivity contribution in [1.82, 2.24) is 5.32 Å². The maximum Gasteiger partial charge on any atom is 0.227 e. The van der Waals surface area contributed by atoms with Gasteiger partial charge in [-0.1, -0.05) is 0 Å². The Kier molecular flexibility index (Phi) is 5.44. The van der Waals surface area contributed by atoms with E-state index in [-0.39, 0.29) is 30.2 Å². The number of methoxy groups -OCH3 is 2. The predicted octanol–water partition coefficient (Wildman–Crippen LogP) is 0.520. The lowest BCUT2D eigenvalue weighted by molar-refractivity contribution is -0.126. The zero-order valence-electron chi connectivity index (χ0n) is 13.7. The number of nitrogens with zero attached hydrogens (tertiary/aromatic N) is 1. The van der Waals surface area contributed by atoms with E-state index in [0.717, 1.165) is 0 Å². The summed E-state index contributed by atoms with van der Waals surface area (Å²) in [6.45, 7) is 2.53. The van der Waals surface area contributed by atoms with E-state index >= 15 is 0 Å². The first-order valence-electron chi connectivity index (χ1n) is 7.52. The highest BCUT2D eigenvalue weighted by atomic mass is 16.5. The van der Waals surface area contributed by atoms with Crippen molar-refractivity contribution in [3.05, 3.63) is 18.2 Å². The van der Waals surface area contributed by atoms with Crippen LogP contribution in [-0.2, 0) is 9.59 Å². The summed E-state index contributed by atoms with van der Waals surface area (Å²) in [5, 5.41) is 2.82. The van der Waals surface area contributed by atoms with Crippen molar-refractivity contribution in [2.24, 2.45) is 11.7 Å². The van der Waals surface area contributed by atoms with Gasteiger partial charge < -0.3 is 25.4 Å². The van der Waals surface area contributed by atoms with E-state index in [4.69, 9.17) is 15.2 Å². The summed E-state index contributed by atoms with van der Waals surface area (Å²) in [7, 11) is 3.10. The highest BCUT2D eigenvalue weighted by Crippen LogP contribution is 2.32. The molecule has 1 aromatic carbocycles. The molecule has 23 heavy (non-hydrogen) atoms. The zero-order valence-corrected chi connectivity index (χ0v) is 13.7. The minimum atomic E-state index is -0.381. The van der Waals surface area contributed by atoms with Crippen LogP contribution in [0.4, 0.5) is 5.69 Å². The molecule has 1 aromatic rings. The Labute approximate surface area is 135 Å². The summed E-state index contributed by atoms with van der Waals surface area (Å²) in [6, 6.07) is 5.13. The van der Waals surface area contributed by atoms with Crippen molar-refractivity contribution < 1.29 is 19.1 Å². The van der Waals surface area contributed by atoms with Crippen LogP contribution in [0.25, 0.3) is 0 Å². The molecule has 0 radical (unpaired) electrons. The number of ether oxygens (including phenoxy) is 2. The van der Waals surface area contributed by atoms with Crippen molar-refractivity contribution in [3.8, 4) is 11.5 Å². The number of carbonyl (C=O) groups excluding carboxylic acids is 2. The third kappa shape index (κ3) is 3.92. The Morgan fingerprint density at radius 1 is 1.35 bits per heavy atom. The number of hydrogen-bond donors (Lipinski definition) is 2. The molecule has 0 bridgehead atoms. The molecule has 2 rings (SSSR count). The molecule has 1 aliphatic rings. The number of hydrogen-bond acceptors (Lipinski definition) is 5. The first-order valence-corrected chi connectivity index (χ1v) is 7.52. The maximum atomic E-state index is 12.3. The van der Waals surface area contributed by atoms with E-state index in [9.17, 15) is 9.59 Å². The molecule has 1 heterocycles. The molecule has 1 unspecified atom stereocenters. The standard InChI is InChI=1S/C16H23N3O4/c1-10(8-17)18-16(21)11-4-15(20)19(9-11)12-5-13(22-2)7-14(6-12)23-3/h5-7,10-11H,4,8-9,17H2,1-3H3,(H,18,21)/t10-,11?/m0/s1. The van der Waals surface area contributed by atoms with Gasteiger partial charge in [-0.2, -0.15) is 0 Å². The number of benzene rings is 1. The third-order valence-corrected chi connectivity index (χ3v) is 3.89. The molecule has 1 fully saturated rings. The van der Waals surface area contributed by atoms with Crippen molar-refractivity contribution in [2.75, 3.05) is 32.2 Å². The minimum Gasteiger partial charge on any atom is -0.497 e. The summed E-state index contributed by atoms with van der Waals surface area (Å²) in [5.41, 5.74) is 6.17. The highest BCUT2D eigenvalue weighted by Gasteiger charge is 2.35. The maximum absolute atomic E-state index is 12.3. The molecular weight excluding hydrogens is 298 g/mol. The molecular formula is C16H23N3O4. The average molecular weight is 321 g/mol. The Morgan fingerprint density at radius 2 is 1.96 bits per heavy atom. The lowest BCUT2D eigenvalue weighted by atomic mass is 10.1. The molecule has 0 aliphatic carbocycles. The van der Waals surface area contributed by atoms with Gasteiger partial charge in [-0.15, -0.1) is 0 Å². The molecule has 126 valence electrons. The normalized spacial score (nSPS) is 18.7. The van der Waals surface area contributed by atoms with Gasteiger partial charge in [0.2, 0.25) is 11.8 Å². The summed E-state index contributed by atoms with van der Waals surface area (Å²) < 4.78 is 10.4. The van der Waals surface area contributed by atoms with Crippen LogP contribution < -0.4 is 25.4 Å². The van der Waals surface area contributed by atoms with Crippen LogP contribution in [0.5, 0.6) is 11.5 Å². The largest absolute Gasteiger partial charge is 0.497 e. The molecule has 7 heteroatoms. The van der Waals surface area contributed by atoms with Gasteiger partial charge in [-0.25, -0.2) is 0 Å². The van der Waals surface area contributed by atoms with Gasteiger partial charge in [0.1, 0.15) is 11.5 Å². The van der Waals surface area contributed by atoms with E-state index in [0.29, 0.717) is 30.3 Å². The lowest BCUT2D eigenvalue weighted by Gasteiger charge is -2.19. The lowest BCUT2D eigenvalue weighted by Crippen LogP contribution is -2.41. The smallest absolute Gasteiger partial charge is 0.227 e. The number of amides is 2. The van der Waals surface area contributed by atoms with Gasteiger partial charge in [0.05, 0.1) is 25.8 Å². The van der Waals surface area contributed by atoms with Gasteiger partial charge in [0.15, 0.2) is 0 Å². The van der Waals surface area contributed by atoms with Crippen molar-refractivity contribution in [2.45, 2.75) is 19.4 Å². The Balaban J connectivity index is 2.15. The van der Waals surface area contributed by atoms with Gasteiger partial charge >= 0.3 is 0 Å². The van der Waals surface area contributed by atoms with Crippen molar-refractivity contribution in [1.29, 1.82) is 0 Å². The molecule has 2 atom stereocenters. The molecule has 3 N–H and O–H groups in total. The van der Waals surface area contributed by atoms with Crippen molar-refractivity contribution in [3.63, 3.8) is 0 Å². The monoisotopic (exact) mass is 321 g/mol.